The quantitative estimate of drug-likeness (QED) is 0.371. The number of hydrogen-bond donors (Lipinski definition) is 1. The lowest BCUT2D eigenvalue weighted by atomic mass is 9.98. The number of phenols is 1. The molecule has 20 heavy (non-hydrogen) atoms. The first kappa shape index (κ1) is 11.2. The third-order valence-electron chi connectivity index (χ3n) is 3.92. The number of hydrogen-bond acceptors (Lipinski definition) is 2. The van der Waals surface area contributed by atoms with Gasteiger partial charge in [-0.3, -0.25) is 0 Å². The fraction of sp³-hybridized carbons (Fsp3) is 0.0556. The van der Waals surface area contributed by atoms with Gasteiger partial charge in [-0.1, -0.05) is 42.5 Å². The first-order valence-corrected chi connectivity index (χ1v) is 6.65. The van der Waals surface area contributed by atoms with Crippen molar-refractivity contribution in [3.05, 3.63) is 60.2 Å². The molecule has 1 heterocycles. The van der Waals surface area contributed by atoms with Crippen LogP contribution in [0.3, 0.4) is 0 Å². The molecule has 1 N–H and O–H groups in total. The molecule has 0 aliphatic carbocycles. The van der Waals surface area contributed by atoms with Crippen molar-refractivity contribution >= 4 is 32.6 Å². The van der Waals surface area contributed by atoms with E-state index in [1.54, 1.807) is 6.07 Å². The monoisotopic (exact) mass is 259 g/mol. The average molecular weight is 259 g/mol. The minimum atomic E-state index is 0.243. The molecular formula is C18H13NO. The molecule has 0 saturated heterocycles. The number of fused-ring (bicyclic) bond motifs is 4. The summed E-state index contributed by atoms with van der Waals surface area (Å²) in [6.07, 6.45) is 0. The third-order valence-corrected chi connectivity index (χ3v) is 3.92. The van der Waals surface area contributed by atoms with E-state index in [2.05, 4.69) is 24.0 Å². The number of benzene rings is 3. The minimum absolute atomic E-state index is 0.243. The summed E-state index contributed by atoms with van der Waals surface area (Å²) in [5.74, 6) is 0.243. The Balaban J connectivity index is 2.37. The van der Waals surface area contributed by atoms with Gasteiger partial charge >= 0.3 is 0 Å². The molecule has 0 amide bonds. The van der Waals surface area contributed by atoms with E-state index in [1.165, 1.54) is 0 Å². The van der Waals surface area contributed by atoms with Crippen LogP contribution in [-0.4, -0.2) is 10.1 Å². The van der Waals surface area contributed by atoms with E-state index < -0.39 is 0 Å². The van der Waals surface area contributed by atoms with Crippen LogP contribution in [0.15, 0.2) is 54.6 Å². The van der Waals surface area contributed by atoms with Gasteiger partial charge in [0.15, 0.2) is 0 Å². The largest absolute Gasteiger partial charge is 0.506 e. The number of aromatic hydroxyl groups is 1. The highest BCUT2D eigenvalue weighted by Crippen LogP contribution is 2.36. The molecule has 2 heteroatoms. The van der Waals surface area contributed by atoms with Gasteiger partial charge < -0.3 is 5.11 Å². The highest BCUT2D eigenvalue weighted by molar-refractivity contribution is 6.14. The second-order valence-electron chi connectivity index (χ2n) is 5.09. The van der Waals surface area contributed by atoms with Gasteiger partial charge in [0.2, 0.25) is 0 Å². The van der Waals surface area contributed by atoms with Gasteiger partial charge in [0.25, 0.3) is 0 Å². The smallest absolute Gasteiger partial charge is 0.142 e. The van der Waals surface area contributed by atoms with Gasteiger partial charge in [0.1, 0.15) is 11.3 Å². The molecule has 0 saturated carbocycles. The number of aromatic nitrogens is 1. The minimum Gasteiger partial charge on any atom is -0.506 e. The molecule has 1 aromatic heterocycles. The first-order valence-electron chi connectivity index (χ1n) is 6.65. The molecule has 0 unspecified atom stereocenters. The van der Waals surface area contributed by atoms with Gasteiger partial charge in [-0.2, -0.15) is 0 Å². The maximum atomic E-state index is 10.3. The number of pyridine rings is 1. The Kier molecular flexibility index (Phi) is 2.21. The molecule has 4 rings (SSSR count). The molecule has 96 valence electrons. The number of para-hydroxylation sites is 1. The maximum Gasteiger partial charge on any atom is 0.142 e. The lowest BCUT2D eigenvalue weighted by Gasteiger charge is -2.11. The normalized spacial score (nSPS) is 11.4. The molecule has 0 fully saturated rings. The molecule has 0 aliphatic rings. The van der Waals surface area contributed by atoms with Crippen molar-refractivity contribution in [3.8, 4) is 5.75 Å². The first-order chi connectivity index (χ1) is 9.75. The fourth-order valence-corrected chi connectivity index (χ4v) is 2.96. The summed E-state index contributed by atoms with van der Waals surface area (Å²) in [5, 5.41) is 14.6. The van der Waals surface area contributed by atoms with Crippen LogP contribution in [0.5, 0.6) is 5.75 Å². The summed E-state index contributed by atoms with van der Waals surface area (Å²) >= 11 is 0. The standard InChI is InChI=1S/C18H13NO/c1-11-13-7-4-5-9-15(13)19-18-16(20)10-12-6-2-3-8-14(12)17(11)18/h2-10,20H,1H3. The molecule has 0 spiro atoms. The summed E-state index contributed by atoms with van der Waals surface area (Å²) in [6, 6.07) is 18.0. The Morgan fingerprint density at radius 3 is 2.45 bits per heavy atom. The summed E-state index contributed by atoms with van der Waals surface area (Å²) < 4.78 is 0. The predicted octanol–water partition coefficient (Wildman–Crippen LogP) is 4.56. The lowest BCUT2D eigenvalue weighted by molar-refractivity contribution is 0.481. The second-order valence-corrected chi connectivity index (χ2v) is 5.09. The topological polar surface area (TPSA) is 33.1 Å². The SMILES string of the molecule is Cc1c2ccccc2nc2c(O)cc3ccccc3c12. The third kappa shape index (κ3) is 1.42. The van der Waals surface area contributed by atoms with Crippen LogP contribution < -0.4 is 0 Å². The van der Waals surface area contributed by atoms with Crippen molar-refractivity contribution in [3.63, 3.8) is 0 Å². The Labute approximate surface area is 116 Å². The van der Waals surface area contributed by atoms with Crippen molar-refractivity contribution in [2.75, 3.05) is 0 Å². The van der Waals surface area contributed by atoms with Crippen molar-refractivity contribution in [2.24, 2.45) is 0 Å². The summed E-state index contributed by atoms with van der Waals surface area (Å²) in [6.45, 7) is 2.10. The predicted molar refractivity (Wildman–Crippen MR) is 83.2 cm³/mol. The van der Waals surface area contributed by atoms with Gasteiger partial charge in [0, 0.05) is 10.8 Å². The molecule has 0 bridgehead atoms. The molecule has 2 nitrogen and oxygen atoms in total. The lowest BCUT2D eigenvalue weighted by Crippen LogP contribution is -1.89. The van der Waals surface area contributed by atoms with E-state index in [1.807, 2.05) is 36.4 Å². The number of nitrogens with zero attached hydrogens (tertiary/aromatic N) is 1. The Bertz CT molecular complexity index is 967. The van der Waals surface area contributed by atoms with Crippen LogP contribution in [0.4, 0.5) is 0 Å². The molecule has 0 radical (unpaired) electrons. The van der Waals surface area contributed by atoms with Crippen LogP contribution in [0.2, 0.25) is 0 Å². The molecular weight excluding hydrogens is 246 g/mol. The van der Waals surface area contributed by atoms with Crippen LogP contribution in [0, 0.1) is 6.92 Å². The van der Waals surface area contributed by atoms with E-state index in [4.69, 9.17) is 0 Å². The van der Waals surface area contributed by atoms with E-state index >= 15 is 0 Å². The molecule has 0 aliphatic heterocycles. The van der Waals surface area contributed by atoms with Crippen molar-refractivity contribution < 1.29 is 5.11 Å². The second kappa shape index (κ2) is 3.94. The molecule has 0 atom stereocenters. The average Bonchev–Trinajstić information content (AvgIpc) is 2.48. The van der Waals surface area contributed by atoms with Crippen LogP contribution in [-0.2, 0) is 0 Å². The Morgan fingerprint density at radius 1 is 0.900 bits per heavy atom. The summed E-state index contributed by atoms with van der Waals surface area (Å²) in [7, 11) is 0. The number of aryl methyl sites for hydroxylation is 1. The van der Waals surface area contributed by atoms with Crippen molar-refractivity contribution in [2.45, 2.75) is 6.92 Å². The van der Waals surface area contributed by atoms with Crippen molar-refractivity contribution in [1.82, 2.24) is 4.98 Å². The zero-order chi connectivity index (χ0) is 13.7. The zero-order valence-corrected chi connectivity index (χ0v) is 11.1. The molecule has 4 aromatic rings. The highest BCUT2D eigenvalue weighted by Gasteiger charge is 2.12. The van der Waals surface area contributed by atoms with Crippen LogP contribution in [0.1, 0.15) is 5.56 Å². The van der Waals surface area contributed by atoms with Gasteiger partial charge in [0.05, 0.1) is 5.52 Å². The zero-order valence-electron chi connectivity index (χ0n) is 11.1. The van der Waals surface area contributed by atoms with Crippen LogP contribution in [0.25, 0.3) is 32.6 Å². The van der Waals surface area contributed by atoms with Crippen molar-refractivity contribution in [1.29, 1.82) is 0 Å². The highest BCUT2D eigenvalue weighted by atomic mass is 16.3. The van der Waals surface area contributed by atoms with Crippen LogP contribution >= 0.6 is 0 Å². The Morgan fingerprint density at radius 2 is 1.60 bits per heavy atom. The van der Waals surface area contributed by atoms with Gasteiger partial charge in [-0.15, -0.1) is 0 Å². The van der Waals surface area contributed by atoms with Gasteiger partial charge in [-0.25, -0.2) is 4.98 Å². The van der Waals surface area contributed by atoms with E-state index in [9.17, 15) is 5.11 Å². The Hall–Kier alpha value is -2.61. The summed E-state index contributed by atoms with van der Waals surface area (Å²) in [5.41, 5.74) is 2.76. The fourth-order valence-electron chi connectivity index (χ4n) is 2.96. The van der Waals surface area contributed by atoms with E-state index in [0.717, 1.165) is 32.6 Å². The van der Waals surface area contributed by atoms with Gasteiger partial charge in [-0.05, 0) is 35.4 Å². The van der Waals surface area contributed by atoms with E-state index in [0.29, 0.717) is 5.52 Å². The summed E-state index contributed by atoms with van der Waals surface area (Å²) in [4.78, 5) is 4.64. The number of rotatable bonds is 0. The van der Waals surface area contributed by atoms with E-state index in [-0.39, 0.29) is 5.75 Å². The molecule has 3 aromatic carbocycles. The maximum absolute atomic E-state index is 10.3. The number of phenolic OH excluding ortho intramolecular Hbond substituents is 1.